The van der Waals surface area contributed by atoms with Crippen LogP contribution in [-0.2, 0) is 4.79 Å². The lowest BCUT2D eigenvalue weighted by atomic mass is 10.0. The fourth-order valence-electron chi connectivity index (χ4n) is 2.40. The molecule has 0 aromatic heterocycles. The van der Waals surface area contributed by atoms with Crippen LogP contribution in [0.3, 0.4) is 0 Å². The fourth-order valence-corrected chi connectivity index (χ4v) is 2.40. The molecule has 0 bridgehead atoms. The Labute approximate surface area is 133 Å². The summed E-state index contributed by atoms with van der Waals surface area (Å²) in [5, 5.41) is 16.3. The van der Waals surface area contributed by atoms with Crippen LogP contribution in [0.1, 0.15) is 5.56 Å². The number of nitrogens with one attached hydrogen (secondary N) is 2. The molecule has 4 N–H and O–H groups in total. The lowest BCUT2D eigenvalue weighted by molar-refractivity contribution is -0.386. The number of benzene rings is 2. The largest absolute Gasteiger partial charge is 0.364 e. The molecule has 1 aliphatic rings. The summed E-state index contributed by atoms with van der Waals surface area (Å²) in [4.78, 5) is 21.8. The Morgan fingerprint density at radius 1 is 1.17 bits per heavy atom. The summed E-state index contributed by atoms with van der Waals surface area (Å²) < 4.78 is 27.4. The maximum absolute atomic E-state index is 13.8. The minimum atomic E-state index is -1.59. The van der Waals surface area contributed by atoms with Crippen molar-refractivity contribution in [2.75, 3.05) is 10.6 Å². The van der Waals surface area contributed by atoms with Crippen molar-refractivity contribution in [3.05, 3.63) is 69.4 Å². The number of nitro groups is 1. The lowest BCUT2D eigenvalue weighted by Gasteiger charge is -2.24. The third kappa shape index (κ3) is 2.41. The Bertz CT molecular complexity index is 897. The molecule has 0 saturated carbocycles. The van der Waals surface area contributed by atoms with E-state index in [-0.39, 0.29) is 22.8 Å². The second-order valence-electron chi connectivity index (χ2n) is 4.93. The SMILES string of the molecule is NC(=O)C1=C(c2ccccc2)Nc2c(cc(F)c(F)c2[N+](=O)[O-])N1. The molecule has 2 aromatic carbocycles. The Morgan fingerprint density at radius 3 is 2.42 bits per heavy atom. The number of nitrogens with two attached hydrogens (primary N) is 1. The molecule has 1 aliphatic heterocycles. The van der Waals surface area contributed by atoms with Crippen LogP contribution in [0, 0.1) is 21.7 Å². The molecule has 0 unspecified atom stereocenters. The van der Waals surface area contributed by atoms with Gasteiger partial charge in [-0.05, 0) is 0 Å². The first kappa shape index (κ1) is 15.4. The van der Waals surface area contributed by atoms with E-state index in [2.05, 4.69) is 10.6 Å². The number of anilines is 2. The van der Waals surface area contributed by atoms with Crippen molar-refractivity contribution in [2.24, 2.45) is 5.73 Å². The second kappa shape index (κ2) is 5.61. The summed E-state index contributed by atoms with van der Waals surface area (Å²) in [6.07, 6.45) is 0. The van der Waals surface area contributed by atoms with E-state index in [0.29, 0.717) is 5.56 Å². The van der Waals surface area contributed by atoms with Gasteiger partial charge in [-0.2, -0.15) is 4.39 Å². The van der Waals surface area contributed by atoms with E-state index in [9.17, 15) is 23.7 Å². The van der Waals surface area contributed by atoms with Crippen molar-refractivity contribution in [1.82, 2.24) is 0 Å². The maximum atomic E-state index is 13.8. The number of halogens is 2. The van der Waals surface area contributed by atoms with Crippen molar-refractivity contribution in [2.45, 2.75) is 0 Å². The number of amides is 1. The quantitative estimate of drug-likeness (QED) is 0.591. The van der Waals surface area contributed by atoms with Crippen LogP contribution in [0.4, 0.5) is 25.8 Å². The average Bonchev–Trinajstić information content (AvgIpc) is 2.55. The summed E-state index contributed by atoms with van der Waals surface area (Å²) in [7, 11) is 0. The normalized spacial score (nSPS) is 12.9. The van der Waals surface area contributed by atoms with Crippen molar-refractivity contribution in [3.63, 3.8) is 0 Å². The highest BCUT2D eigenvalue weighted by Gasteiger charge is 2.33. The number of primary amides is 1. The zero-order chi connectivity index (χ0) is 17.4. The molecule has 9 heteroatoms. The van der Waals surface area contributed by atoms with E-state index in [1.54, 1.807) is 30.3 Å². The topological polar surface area (TPSA) is 110 Å². The summed E-state index contributed by atoms with van der Waals surface area (Å²) >= 11 is 0. The minimum absolute atomic E-state index is 0.117. The summed E-state index contributed by atoms with van der Waals surface area (Å²) in [6.45, 7) is 0. The number of nitrogens with zero attached hydrogens (tertiary/aromatic N) is 1. The highest BCUT2D eigenvalue weighted by Crippen LogP contribution is 2.42. The van der Waals surface area contributed by atoms with Gasteiger partial charge in [0.1, 0.15) is 11.4 Å². The van der Waals surface area contributed by atoms with E-state index < -0.39 is 28.2 Å². The molecule has 1 heterocycles. The van der Waals surface area contributed by atoms with Gasteiger partial charge in [0.15, 0.2) is 5.82 Å². The number of nitro benzene ring substituents is 1. The first-order valence-corrected chi connectivity index (χ1v) is 6.70. The fraction of sp³-hybridized carbons (Fsp3) is 0. The van der Waals surface area contributed by atoms with Crippen molar-refractivity contribution >= 4 is 28.7 Å². The Hall–Kier alpha value is -3.49. The summed E-state index contributed by atoms with van der Waals surface area (Å²) in [6, 6.07) is 9.06. The van der Waals surface area contributed by atoms with Gasteiger partial charge in [-0.15, -0.1) is 0 Å². The zero-order valence-corrected chi connectivity index (χ0v) is 12.0. The summed E-state index contributed by atoms with van der Waals surface area (Å²) in [5.74, 6) is -3.87. The van der Waals surface area contributed by atoms with Gasteiger partial charge >= 0.3 is 5.69 Å². The first-order valence-electron chi connectivity index (χ1n) is 6.70. The van der Waals surface area contributed by atoms with Gasteiger partial charge in [0.2, 0.25) is 5.82 Å². The monoisotopic (exact) mass is 332 g/mol. The van der Waals surface area contributed by atoms with Crippen LogP contribution in [0.2, 0.25) is 0 Å². The molecule has 0 atom stereocenters. The molecule has 1 amide bonds. The van der Waals surface area contributed by atoms with E-state index in [4.69, 9.17) is 5.73 Å². The molecule has 2 aromatic rings. The first-order chi connectivity index (χ1) is 11.4. The standard InChI is InChI=1S/C15H10F2N4O3/c16-8-6-9-12(14(10(8)17)21(23)24)20-11(13(19-9)15(18)22)7-4-2-1-3-5-7/h1-6,19-20H,(H2,18,22). The van der Waals surface area contributed by atoms with Crippen LogP contribution in [-0.4, -0.2) is 10.8 Å². The molecule has 122 valence electrons. The van der Waals surface area contributed by atoms with Crippen LogP contribution in [0.25, 0.3) is 5.70 Å². The highest BCUT2D eigenvalue weighted by atomic mass is 19.2. The van der Waals surface area contributed by atoms with Crippen LogP contribution >= 0.6 is 0 Å². The van der Waals surface area contributed by atoms with Crippen molar-refractivity contribution < 1.29 is 18.5 Å². The zero-order valence-electron chi connectivity index (χ0n) is 12.0. The van der Waals surface area contributed by atoms with Gasteiger partial charge in [0.25, 0.3) is 5.91 Å². The number of fused-ring (bicyclic) bond motifs is 1. The second-order valence-corrected chi connectivity index (χ2v) is 4.93. The smallest absolute Gasteiger partial charge is 0.333 e. The number of hydrogen-bond acceptors (Lipinski definition) is 5. The Kier molecular flexibility index (Phi) is 3.60. The van der Waals surface area contributed by atoms with E-state index in [1.165, 1.54) is 0 Å². The number of hydrogen-bond donors (Lipinski definition) is 3. The molecule has 0 fully saturated rings. The molecule has 3 rings (SSSR count). The van der Waals surface area contributed by atoms with Crippen LogP contribution < -0.4 is 16.4 Å². The van der Waals surface area contributed by atoms with Gasteiger partial charge in [0, 0.05) is 11.6 Å². The number of carbonyl (C=O) groups is 1. The van der Waals surface area contributed by atoms with E-state index >= 15 is 0 Å². The molecule has 0 aliphatic carbocycles. The third-order valence-electron chi connectivity index (χ3n) is 3.45. The summed E-state index contributed by atoms with van der Waals surface area (Å²) in [5.41, 5.74) is 4.31. The number of carbonyl (C=O) groups excluding carboxylic acids is 1. The van der Waals surface area contributed by atoms with Crippen LogP contribution in [0.5, 0.6) is 0 Å². The molecule has 7 nitrogen and oxygen atoms in total. The predicted octanol–water partition coefficient (Wildman–Crippen LogP) is 2.56. The third-order valence-corrected chi connectivity index (χ3v) is 3.45. The highest BCUT2D eigenvalue weighted by molar-refractivity contribution is 6.09. The van der Waals surface area contributed by atoms with Gasteiger partial charge in [-0.1, -0.05) is 30.3 Å². The van der Waals surface area contributed by atoms with Gasteiger partial charge in [0.05, 0.1) is 16.3 Å². The van der Waals surface area contributed by atoms with Gasteiger partial charge in [-0.25, -0.2) is 4.39 Å². The molecule has 0 radical (unpaired) electrons. The molecule has 0 spiro atoms. The average molecular weight is 332 g/mol. The maximum Gasteiger partial charge on any atom is 0.333 e. The van der Waals surface area contributed by atoms with Crippen LogP contribution in [0.15, 0.2) is 42.1 Å². The molecular formula is C15H10F2N4O3. The van der Waals surface area contributed by atoms with E-state index in [0.717, 1.165) is 6.07 Å². The molecular weight excluding hydrogens is 322 g/mol. The molecule has 24 heavy (non-hydrogen) atoms. The molecule has 0 saturated heterocycles. The van der Waals surface area contributed by atoms with E-state index in [1.807, 2.05) is 0 Å². The minimum Gasteiger partial charge on any atom is -0.364 e. The van der Waals surface area contributed by atoms with Gasteiger partial charge < -0.3 is 16.4 Å². The Balaban J connectivity index is 2.23. The Morgan fingerprint density at radius 2 is 1.83 bits per heavy atom. The lowest BCUT2D eigenvalue weighted by Crippen LogP contribution is -2.27. The predicted molar refractivity (Wildman–Crippen MR) is 82.8 cm³/mol. The number of rotatable bonds is 3. The van der Waals surface area contributed by atoms with Gasteiger partial charge in [-0.3, -0.25) is 14.9 Å². The van der Waals surface area contributed by atoms with Crippen molar-refractivity contribution in [1.29, 1.82) is 0 Å². The van der Waals surface area contributed by atoms with Crippen molar-refractivity contribution in [3.8, 4) is 0 Å².